The number of rotatable bonds is 5. The van der Waals surface area contributed by atoms with Gasteiger partial charge in [0.2, 0.25) is 0 Å². The molecule has 1 aliphatic rings. The SMILES string of the molecule is CC(=O)OCC1OC(Br)C(OC(C)=O)C(OC(C)=O)[C@@H]1OC(C)=O. The van der Waals surface area contributed by atoms with Gasteiger partial charge in [0, 0.05) is 27.7 Å². The first-order valence-corrected chi connectivity index (χ1v) is 7.98. The van der Waals surface area contributed by atoms with Crippen LogP contribution in [-0.4, -0.2) is 59.9 Å². The van der Waals surface area contributed by atoms with Crippen molar-refractivity contribution in [1.82, 2.24) is 0 Å². The molecule has 0 amide bonds. The number of halogens is 1. The normalized spacial score (nSPS) is 29.3. The fourth-order valence-electron chi connectivity index (χ4n) is 2.18. The smallest absolute Gasteiger partial charge is 0.303 e. The predicted molar refractivity (Wildman–Crippen MR) is 80.9 cm³/mol. The van der Waals surface area contributed by atoms with Gasteiger partial charge in [-0.1, -0.05) is 15.9 Å². The second-order valence-corrected chi connectivity index (χ2v) is 5.95. The van der Waals surface area contributed by atoms with E-state index in [0.717, 1.165) is 13.8 Å². The first-order valence-electron chi connectivity index (χ1n) is 7.06. The highest BCUT2D eigenvalue weighted by Gasteiger charge is 2.51. The third-order valence-electron chi connectivity index (χ3n) is 2.93. The van der Waals surface area contributed by atoms with Crippen LogP contribution in [-0.2, 0) is 42.9 Å². The standard InChI is InChI=1S/C14H19BrO9/c1-6(16)20-5-10-11(21-7(2)17)12(22-8(3)18)13(14(15)24-10)23-9(4)19/h10-14H,5H2,1-4H3/t10?,11-,12?,13?,14?/m1/s1. The quantitative estimate of drug-likeness (QED) is 0.362. The molecule has 4 unspecified atom stereocenters. The molecule has 0 aliphatic carbocycles. The Morgan fingerprint density at radius 2 is 1.25 bits per heavy atom. The van der Waals surface area contributed by atoms with Crippen LogP contribution in [0.1, 0.15) is 27.7 Å². The summed E-state index contributed by atoms with van der Waals surface area (Å²) in [7, 11) is 0. The summed E-state index contributed by atoms with van der Waals surface area (Å²) < 4.78 is 25.9. The Kier molecular flexibility index (Phi) is 7.61. The number of ether oxygens (including phenoxy) is 5. The van der Waals surface area contributed by atoms with Crippen molar-refractivity contribution in [2.24, 2.45) is 0 Å². The van der Waals surface area contributed by atoms with Crippen LogP contribution in [0.25, 0.3) is 0 Å². The molecule has 9 nitrogen and oxygen atoms in total. The highest BCUT2D eigenvalue weighted by Crippen LogP contribution is 2.31. The average molecular weight is 411 g/mol. The number of hydrogen-bond donors (Lipinski definition) is 0. The monoisotopic (exact) mass is 410 g/mol. The van der Waals surface area contributed by atoms with Gasteiger partial charge in [-0.2, -0.15) is 0 Å². The molecule has 0 spiro atoms. The fourth-order valence-corrected chi connectivity index (χ4v) is 2.86. The maximum absolute atomic E-state index is 11.4. The second-order valence-electron chi connectivity index (χ2n) is 5.05. The third kappa shape index (κ3) is 6.08. The minimum atomic E-state index is -1.13. The molecule has 0 bridgehead atoms. The first kappa shape index (κ1) is 20.4. The molecule has 1 fully saturated rings. The zero-order valence-corrected chi connectivity index (χ0v) is 15.2. The zero-order valence-electron chi connectivity index (χ0n) is 13.6. The van der Waals surface area contributed by atoms with E-state index in [1.54, 1.807) is 0 Å². The van der Waals surface area contributed by atoms with E-state index in [-0.39, 0.29) is 6.61 Å². The van der Waals surface area contributed by atoms with Crippen molar-refractivity contribution >= 4 is 39.8 Å². The summed E-state index contributed by atoms with van der Waals surface area (Å²) in [6, 6.07) is 0. The summed E-state index contributed by atoms with van der Waals surface area (Å²) in [5.41, 5.74) is 0. The van der Waals surface area contributed by atoms with E-state index in [1.165, 1.54) is 13.8 Å². The maximum atomic E-state index is 11.4. The molecule has 1 aliphatic heterocycles. The molecule has 1 saturated heterocycles. The molecule has 10 heteroatoms. The largest absolute Gasteiger partial charge is 0.463 e. The van der Waals surface area contributed by atoms with E-state index < -0.39 is 53.3 Å². The average Bonchev–Trinajstić information content (AvgIpc) is 2.42. The lowest BCUT2D eigenvalue weighted by molar-refractivity contribution is -0.236. The summed E-state index contributed by atoms with van der Waals surface area (Å²) in [5.74, 6) is -2.52. The van der Waals surface area contributed by atoms with Crippen molar-refractivity contribution in [3.05, 3.63) is 0 Å². The topological polar surface area (TPSA) is 114 Å². The lowest BCUT2D eigenvalue weighted by Gasteiger charge is -2.42. The Labute approximate surface area is 147 Å². The van der Waals surface area contributed by atoms with Crippen molar-refractivity contribution in [3.63, 3.8) is 0 Å². The van der Waals surface area contributed by atoms with Gasteiger partial charge in [0.15, 0.2) is 23.3 Å². The third-order valence-corrected chi connectivity index (χ3v) is 3.67. The highest BCUT2D eigenvalue weighted by molar-refractivity contribution is 9.09. The van der Waals surface area contributed by atoms with Gasteiger partial charge in [0.05, 0.1) is 0 Å². The number of esters is 4. The van der Waals surface area contributed by atoms with Crippen LogP contribution < -0.4 is 0 Å². The summed E-state index contributed by atoms with van der Waals surface area (Å²) >= 11 is 3.18. The van der Waals surface area contributed by atoms with Crippen LogP contribution >= 0.6 is 15.9 Å². The van der Waals surface area contributed by atoms with E-state index in [4.69, 9.17) is 23.7 Å². The van der Waals surface area contributed by atoms with Gasteiger partial charge in [-0.05, 0) is 0 Å². The van der Waals surface area contributed by atoms with Crippen molar-refractivity contribution < 1.29 is 42.9 Å². The van der Waals surface area contributed by atoms with Crippen molar-refractivity contribution in [1.29, 1.82) is 0 Å². The van der Waals surface area contributed by atoms with Crippen LogP contribution in [0.3, 0.4) is 0 Å². The Bertz CT molecular complexity index is 506. The van der Waals surface area contributed by atoms with E-state index >= 15 is 0 Å². The van der Waals surface area contributed by atoms with Gasteiger partial charge in [-0.25, -0.2) is 0 Å². The number of hydrogen-bond acceptors (Lipinski definition) is 9. The lowest BCUT2D eigenvalue weighted by atomic mass is 9.99. The second kappa shape index (κ2) is 8.97. The van der Waals surface area contributed by atoms with Crippen molar-refractivity contribution in [3.8, 4) is 0 Å². The van der Waals surface area contributed by atoms with E-state index in [2.05, 4.69) is 15.9 Å². The number of alkyl halides is 1. The van der Waals surface area contributed by atoms with E-state index in [0.29, 0.717) is 0 Å². The molecule has 24 heavy (non-hydrogen) atoms. The lowest BCUT2D eigenvalue weighted by Crippen LogP contribution is -2.60. The van der Waals surface area contributed by atoms with Crippen molar-refractivity contribution in [2.75, 3.05) is 6.61 Å². The minimum absolute atomic E-state index is 0.236. The Hall–Kier alpha value is -1.68. The molecule has 0 aromatic rings. The molecular weight excluding hydrogens is 392 g/mol. The molecule has 0 N–H and O–H groups in total. The fraction of sp³-hybridized carbons (Fsp3) is 0.714. The summed E-state index contributed by atoms with van der Waals surface area (Å²) in [6.45, 7) is 4.47. The number of carbonyl (C=O) groups excluding carboxylic acids is 4. The summed E-state index contributed by atoms with van der Waals surface area (Å²) in [6.07, 6.45) is -4.22. The zero-order chi connectivity index (χ0) is 18.4. The predicted octanol–water partition coefficient (Wildman–Crippen LogP) is 0.464. The van der Waals surface area contributed by atoms with E-state index in [9.17, 15) is 19.2 Å². The molecule has 5 atom stereocenters. The molecule has 0 aromatic carbocycles. The van der Waals surface area contributed by atoms with Crippen LogP contribution in [0, 0.1) is 0 Å². The number of carbonyl (C=O) groups is 4. The molecular formula is C14H19BrO9. The van der Waals surface area contributed by atoms with Gasteiger partial charge in [-0.3, -0.25) is 19.2 Å². The minimum Gasteiger partial charge on any atom is -0.463 e. The van der Waals surface area contributed by atoms with E-state index in [1.807, 2.05) is 0 Å². The van der Waals surface area contributed by atoms with Gasteiger partial charge < -0.3 is 23.7 Å². The molecule has 0 radical (unpaired) electrons. The maximum Gasteiger partial charge on any atom is 0.303 e. The Balaban J connectivity index is 3.11. The Morgan fingerprint density at radius 3 is 1.71 bits per heavy atom. The van der Waals surface area contributed by atoms with Crippen molar-refractivity contribution in [2.45, 2.75) is 57.1 Å². The van der Waals surface area contributed by atoms with Crippen LogP contribution in [0.4, 0.5) is 0 Å². The summed E-state index contributed by atoms with van der Waals surface area (Å²) in [4.78, 5) is 45.1. The molecule has 1 rings (SSSR count). The van der Waals surface area contributed by atoms with Gasteiger partial charge in [0.25, 0.3) is 0 Å². The highest BCUT2D eigenvalue weighted by atomic mass is 79.9. The van der Waals surface area contributed by atoms with Gasteiger partial charge in [0.1, 0.15) is 12.7 Å². The summed E-state index contributed by atoms with van der Waals surface area (Å²) in [5, 5.41) is -0.863. The molecule has 0 aromatic heterocycles. The first-order chi connectivity index (χ1) is 11.1. The van der Waals surface area contributed by atoms with Gasteiger partial charge >= 0.3 is 23.9 Å². The van der Waals surface area contributed by atoms with Crippen LogP contribution in [0.5, 0.6) is 0 Å². The molecule has 0 saturated carbocycles. The molecule has 136 valence electrons. The van der Waals surface area contributed by atoms with Crippen LogP contribution in [0.15, 0.2) is 0 Å². The van der Waals surface area contributed by atoms with Crippen LogP contribution in [0.2, 0.25) is 0 Å². The van der Waals surface area contributed by atoms with Gasteiger partial charge in [-0.15, -0.1) is 0 Å². The Morgan fingerprint density at radius 1 is 0.792 bits per heavy atom. The molecule has 1 heterocycles.